The number of hydrogen-bond donors (Lipinski definition) is 2. The zero-order valence-corrected chi connectivity index (χ0v) is 8.85. The quantitative estimate of drug-likeness (QED) is 0.299. The van der Waals surface area contributed by atoms with Gasteiger partial charge in [-0.3, -0.25) is 9.11 Å². The van der Waals surface area contributed by atoms with Crippen LogP contribution < -0.4 is 29.6 Å². The van der Waals surface area contributed by atoms with E-state index in [2.05, 4.69) is 0 Å². The van der Waals surface area contributed by atoms with E-state index in [0.29, 0.717) is 0 Å². The molecular formula is H8AlCaNaO4S. The van der Waals surface area contributed by atoms with Crippen molar-refractivity contribution in [3.05, 3.63) is 0 Å². The van der Waals surface area contributed by atoms with E-state index >= 15 is 0 Å². The first-order valence-corrected chi connectivity index (χ1v) is 2.10. The van der Waals surface area contributed by atoms with Crippen LogP contribution in [-0.4, -0.2) is 72.6 Å². The molecule has 8 heavy (non-hydrogen) atoms. The summed E-state index contributed by atoms with van der Waals surface area (Å²) in [5.74, 6) is 0. The predicted molar refractivity (Wildman–Crippen MR) is 33.2 cm³/mol. The topological polar surface area (TPSA) is 74.6 Å². The standard InChI is InChI=1S/Al.Ca.Na.H2O4S.6H/c;;;1-5(2,3)4;;;;;;/h;;;(H2,1,2,3,4);;;;;;/q;+2;+1;;;;;3*-1. The van der Waals surface area contributed by atoms with Gasteiger partial charge in [-0.15, -0.1) is 0 Å². The molecule has 0 aromatic heterocycles. The zero-order valence-electron chi connectivity index (χ0n) is 6.83. The molecular weight excluding hydrogens is 186 g/mol. The Morgan fingerprint density at radius 3 is 1.25 bits per heavy atom. The monoisotopic (exact) mass is 194 g/mol. The van der Waals surface area contributed by atoms with Crippen LogP contribution in [0, 0.1) is 0 Å². The van der Waals surface area contributed by atoms with Crippen molar-refractivity contribution in [2.24, 2.45) is 0 Å². The van der Waals surface area contributed by atoms with E-state index in [0.717, 1.165) is 0 Å². The van der Waals surface area contributed by atoms with Gasteiger partial charge in [0.25, 0.3) is 0 Å². The van der Waals surface area contributed by atoms with E-state index in [4.69, 9.17) is 17.5 Å². The van der Waals surface area contributed by atoms with Gasteiger partial charge in [-0.1, -0.05) is 0 Å². The third-order valence-electron chi connectivity index (χ3n) is 0. The van der Waals surface area contributed by atoms with Crippen molar-refractivity contribution in [1.29, 1.82) is 0 Å². The van der Waals surface area contributed by atoms with Crippen molar-refractivity contribution < 1.29 is 51.4 Å². The van der Waals surface area contributed by atoms with Crippen molar-refractivity contribution in [3.63, 3.8) is 0 Å². The van der Waals surface area contributed by atoms with E-state index < -0.39 is 10.4 Å². The van der Waals surface area contributed by atoms with Gasteiger partial charge in [0, 0.05) is 0 Å². The first kappa shape index (κ1) is 22.4. The summed E-state index contributed by atoms with van der Waals surface area (Å²) in [6.07, 6.45) is 0. The van der Waals surface area contributed by atoms with Crippen LogP contribution in [0.3, 0.4) is 0 Å². The molecule has 0 aliphatic rings. The van der Waals surface area contributed by atoms with E-state index in [1.165, 1.54) is 0 Å². The van der Waals surface area contributed by atoms with Crippen LogP contribution in [0.25, 0.3) is 0 Å². The molecule has 0 radical (unpaired) electrons. The molecule has 44 valence electrons. The van der Waals surface area contributed by atoms with Gasteiger partial charge in [-0.05, 0) is 0 Å². The molecule has 0 spiro atoms. The van der Waals surface area contributed by atoms with Gasteiger partial charge < -0.3 is 4.28 Å². The second-order valence-electron chi connectivity index (χ2n) is 0.448. The van der Waals surface area contributed by atoms with Gasteiger partial charge in [-0.25, -0.2) is 0 Å². The number of rotatable bonds is 0. The predicted octanol–water partition coefficient (Wildman–Crippen LogP) is -4.88. The first-order chi connectivity index (χ1) is 2.00. The Kier molecular flexibility index (Phi) is 27.1. The minimum absolute atomic E-state index is 0. The molecule has 0 aromatic carbocycles. The summed E-state index contributed by atoms with van der Waals surface area (Å²) in [6, 6.07) is 0. The van der Waals surface area contributed by atoms with Crippen molar-refractivity contribution in [1.82, 2.24) is 0 Å². The summed E-state index contributed by atoms with van der Waals surface area (Å²) in [7, 11) is -4.67. The van der Waals surface area contributed by atoms with E-state index in [1.807, 2.05) is 0 Å². The van der Waals surface area contributed by atoms with Gasteiger partial charge in [0.2, 0.25) is 0 Å². The Hall–Kier alpha value is 2.66. The third kappa shape index (κ3) is 71.8. The second-order valence-corrected chi connectivity index (χ2v) is 1.34. The van der Waals surface area contributed by atoms with Crippen LogP contribution in [0.15, 0.2) is 0 Å². The zero-order chi connectivity index (χ0) is 4.50. The molecule has 0 bridgehead atoms. The Bertz CT molecular complexity index is 109. The Labute approximate surface area is 115 Å². The van der Waals surface area contributed by atoms with Crippen LogP contribution in [-0.2, 0) is 10.4 Å². The minimum atomic E-state index is -4.67. The molecule has 0 saturated heterocycles. The molecule has 8 heteroatoms. The van der Waals surface area contributed by atoms with Gasteiger partial charge in [0.15, 0.2) is 17.4 Å². The van der Waals surface area contributed by atoms with Gasteiger partial charge in [0.1, 0.15) is 0 Å². The molecule has 0 amide bonds. The molecule has 0 heterocycles. The third-order valence-corrected chi connectivity index (χ3v) is 0. The summed E-state index contributed by atoms with van der Waals surface area (Å²) in [5.41, 5.74) is 0. The Balaban J connectivity index is -0.00000000533. The van der Waals surface area contributed by atoms with Crippen LogP contribution in [0.1, 0.15) is 4.28 Å². The molecule has 0 aromatic rings. The van der Waals surface area contributed by atoms with Gasteiger partial charge in [-0.2, -0.15) is 8.42 Å². The maximum absolute atomic E-state index is 8.74. The molecule has 0 unspecified atom stereocenters. The van der Waals surface area contributed by atoms with Crippen LogP contribution >= 0.6 is 0 Å². The molecule has 0 saturated carbocycles. The summed E-state index contributed by atoms with van der Waals surface area (Å²) in [5, 5.41) is 0. The Morgan fingerprint density at radius 1 is 1.25 bits per heavy atom. The van der Waals surface area contributed by atoms with Crippen LogP contribution in [0.4, 0.5) is 0 Å². The fourth-order valence-corrected chi connectivity index (χ4v) is 0. The molecule has 0 atom stereocenters. The normalized spacial score (nSPS) is 7.25. The van der Waals surface area contributed by atoms with E-state index in [9.17, 15) is 0 Å². The molecule has 0 fully saturated rings. The van der Waals surface area contributed by atoms with Crippen molar-refractivity contribution in [2.45, 2.75) is 0 Å². The van der Waals surface area contributed by atoms with Gasteiger partial charge in [0.05, 0.1) is 0 Å². The Morgan fingerprint density at radius 2 is 1.25 bits per heavy atom. The molecule has 0 aliphatic carbocycles. The second kappa shape index (κ2) is 9.66. The van der Waals surface area contributed by atoms with Crippen molar-refractivity contribution in [2.75, 3.05) is 0 Å². The first-order valence-electron chi connectivity index (χ1n) is 0.698. The molecule has 4 nitrogen and oxygen atoms in total. The summed E-state index contributed by atoms with van der Waals surface area (Å²) in [4.78, 5) is 0. The van der Waals surface area contributed by atoms with E-state index in [-0.39, 0.29) is 88.9 Å². The SMILES string of the molecule is O=S(=O)(O)O.[AlH3].[Ca+2].[H-].[H-].[H-].[Na+]. The number of hydrogen-bond acceptors (Lipinski definition) is 2. The average Bonchev–Trinajstić information content (AvgIpc) is 0.722. The van der Waals surface area contributed by atoms with Crippen LogP contribution in [0.5, 0.6) is 0 Å². The average molecular weight is 194 g/mol. The molecule has 0 aliphatic heterocycles. The molecule has 2 N–H and O–H groups in total. The van der Waals surface area contributed by atoms with Crippen LogP contribution in [0.2, 0.25) is 0 Å². The fraction of sp³-hybridized carbons (Fsp3) is 0. The van der Waals surface area contributed by atoms with Crippen molar-refractivity contribution >= 4 is 65.5 Å². The maximum Gasteiger partial charge on any atom is 2.00 e. The maximum atomic E-state index is 8.74. The largest absolute Gasteiger partial charge is 2.00 e. The summed E-state index contributed by atoms with van der Waals surface area (Å²) in [6.45, 7) is 0. The van der Waals surface area contributed by atoms with Gasteiger partial charge >= 0.3 is 77.7 Å². The van der Waals surface area contributed by atoms with E-state index in [1.54, 1.807) is 0 Å². The smallest absolute Gasteiger partial charge is 1.00 e. The minimum Gasteiger partial charge on any atom is -1.00 e. The summed E-state index contributed by atoms with van der Waals surface area (Å²) < 4.78 is 31.6. The fourth-order valence-electron chi connectivity index (χ4n) is 0. The molecule has 0 rings (SSSR count). The van der Waals surface area contributed by atoms with Crippen molar-refractivity contribution in [3.8, 4) is 0 Å². The summed E-state index contributed by atoms with van der Waals surface area (Å²) >= 11 is 0.